The molecule has 2 N–H and O–H groups in total. The molecule has 96 valence electrons. The Hall–Kier alpha value is -0.320. The van der Waals surface area contributed by atoms with Crippen LogP contribution in [-0.4, -0.2) is 23.5 Å². The molecule has 1 aromatic rings. The molecule has 2 atom stereocenters. The Morgan fingerprint density at radius 3 is 2.65 bits per heavy atom. The van der Waals surface area contributed by atoms with E-state index in [1.807, 2.05) is 6.07 Å². The van der Waals surface area contributed by atoms with Crippen molar-refractivity contribution in [1.29, 1.82) is 0 Å². The first-order chi connectivity index (χ1) is 8.09. The molecule has 0 saturated carbocycles. The van der Waals surface area contributed by atoms with E-state index in [0.717, 1.165) is 29.7 Å². The molecule has 0 radical (unpaired) electrons. The minimum absolute atomic E-state index is 0.0170. The summed E-state index contributed by atoms with van der Waals surface area (Å²) in [6.07, 6.45) is 5.28. The van der Waals surface area contributed by atoms with Crippen LogP contribution in [0.1, 0.15) is 44.9 Å². The van der Waals surface area contributed by atoms with Crippen molar-refractivity contribution in [1.82, 2.24) is 4.90 Å². The molecule has 1 aromatic heterocycles. The molecule has 0 spiro atoms. The number of hydrogen-bond donors (Lipinski definition) is 1. The van der Waals surface area contributed by atoms with Crippen LogP contribution in [-0.2, 0) is 0 Å². The topological polar surface area (TPSA) is 42.4 Å². The van der Waals surface area contributed by atoms with Gasteiger partial charge in [0, 0.05) is 5.54 Å². The summed E-state index contributed by atoms with van der Waals surface area (Å²) < 4.78 is 6.51. The fraction of sp³-hybridized carbons (Fsp3) is 0.692. The number of nitrogens with two attached hydrogens (primary N) is 1. The van der Waals surface area contributed by atoms with Gasteiger partial charge in [0.05, 0.1) is 16.8 Å². The maximum Gasteiger partial charge on any atom is 0.136 e. The van der Waals surface area contributed by atoms with Crippen LogP contribution in [0.3, 0.4) is 0 Å². The standard InChI is InChI=1S/C13H21BrN2O/c1-3-13(2,16-7-4-5-8-16)12(15)11-10(14)6-9-17-11/h6,9,12H,3-5,7-8,15H2,1-2H3. The highest BCUT2D eigenvalue weighted by atomic mass is 79.9. The minimum Gasteiger partial charge on any atom is -0.466 e. The van der Waals surface area contributed by atoms with Crippen LogP contribution < -0.4 is 5.73 Å². The lowest BCUT2D eigenvalue weighted by Gasteiger charge is -2.42. The zero-order valence-electron chi connectivity index (χ0n) is 10.6. The maximum absolute atomic E-state index is 6.44. The minimum atomic E-state index is -0.0880. The third-order valence-corrected chi connectivity index (χ3v) is 4.80. The van der Waals surface area contributed by atoms with E-state index in [-0.39, 0.29) is 11.6 Å². The lowest BCUT2D eigenvalue weighted by molar-refractivity contribution is 0.0910. The molecule has 0 bridgehead atoms. The summed E-state index contributed by atoms with van der Waals surface area (Å²) in [5, 5.41) is 0. The molecule has 17 heavy (non-hydrogen) atoms. The van der Waals surface area contributed by atoms with Crippen LogP contribution in [0.25, 0.3) is 0 Å². The van der Waals surface area contributed by atoms with E-state index in [9.17, 15) is 0 Å². The van der Waals surface area contributed by atoms with Crippen molar-refractivity contribution in [3.05, 3.63) is 22.6 Å². The normalized spacial score (nSPS) is 22.6. The Labute approximate surface area is 111 Å². The summed E-state index contributed by atoms with van der Waals surface area (Å²) in [5.41, 5.74) is 6.43. The van der Waals surface area contributed by atoms with Gasteiger partial charge in [-0.3, -0.25) is 4.90 Å². The van der Waals surface area contributed by atoms with Gasteiger partial charge in [-0.1, -0.05) is 6.92 Å². The Morgan fingerprint density at radius 1 is 1.53 bits per heavy atom. The second-order valence-electron chi connectivity index (χ2n) is 5.02. The fourth-order valence-electron chi connectivity index (χ4n) is 2.68. The summed E-state index contributed by atoms with van der Waals surface area (Å²) in [5.74, 6) is 0.862. The lowest BCUT2D eigenvalue weighted by Crippen LogP contribution is -2.51. The number of rotatable bonds is 4. The summed E-state index contributed by atoms with van der Waals surface area (Å²) in [6, 6.07) is 1.82. The molecule has 1 fully saturated rings. The van der Waals surface area contributed by atoms with Gasteiger partial charge in [-0.2, -0.15) is 0 Å². The smallest absolute Gasteiger partial charge is 0.136 e. The van der Waals surface area contributed by atoms with Crippen molar-refractivity contribution < 1.29 is 4.42 Å². The van der Waals surface area contributed by atoms with Crippen molar-refractivity contribution >= 4 is 15.9 Å². The first-order valence-electron chi connectivity index (χ1n) is 6.33. The van der Waals surface area contributed by atoms with Crippen LogP contribution in [0.5, 0.6) is 0 Å². The molecular formula is C13H21BrN2O. The van der Waals surface area contributed by atoms with Crippen molar-refractivity contribution in [2.45, 2.75) is 44.7 Å². The molecule has 4 heteroatoms. The zero-order chi connectivity index (χ0) is 12.5. The molecule has 2 heterocycles. The van der Waals surface area contributed by atoms with Crippen LogP contribution in [0.15, 0.2) is 21.2 Å². The third kappa shape index (κ3) is 2.30. The quantitative estimate of drug-likeness (QED) is 0.928. The molecule has 0 aliphatic carbocycles. The number of nitrogens with zero attached hydrogens (tertiary/aromatic N) is 1. The van der Waals surface area contributed by atoms with E-state index in [4.69, 9.17) is 10.2 Å². The van der Waals surface area contributed by atoms with Gasteiger partial charge in [0.25, 0.3) is 0 Å². The van der Waals surface area contributed by atoms with Gasteiger partial charge >= 0.3 is 0 Å². The van der Waals surface area contributed by atoms with Crippen molar-refractivity contribution in [2.24, 2.45) is 5.73 Å². The summed E-state index contributed by atoms with van der Waals surface area (Å²) >= 11 is 3.50. The number of halogens is 1. The number of furan rings is 1. The fourth-order valence-corrected chi connectivity index (χ4v) is 3.13. The Morgan fingerprint density at radius 2 is 2.18 bits per heavy atom. The summed E-state index contributed by atoms with van der Waals surface area (Å²) in [6.45, 7) is 6.75. The highest BCUT2D eigenvalue weighted by molar-refractivity contribution is 9.10. The average Bonchev–Trinajstić information content (AvgIpc) is 2.97. The predicted molar refractivity (Wildman–Crippen MR) is 72.8 cm³/mol. The molecule has 1 saturated heterocycles. The highest BCUT2D eigenvalue weighted by Crippen LogP contribution is 2.37. The Kier molecular flexibility index (Phi) is 3.95. The number of hydrogen-bond acceptors (Lipinski definition) is 3. The van der Waals surface area contributed by atoms with Crippen molar-refractivity contribution in [3.8, 4) is 0 Å². The molecule has 1 aliphatic rings. The second kappa shape index (κ2) is 5.12. The Balaban J connectivity index is 2.25. The van der Waals surface area contributed by atoms with E-state index in [1.54, 1.807) is 6.26 Å². The van der Waals surface area contributed by atoms with E-state index < -0.39 is 0 Å². The SMILES string of the molecule is CCC(C)(C(N)c1occc1Br)N1CCCC1. The van der Waals surface area contributed by atoms with Gasteiger partial charge in [-0.25, -0.2) is 0 Å². The van der Waals surface area contributed by atoms with Crippen LogP contribution in [0.2, 0.25) is 0 Å². The third-order valence-electron chi connectivity index (χ3n) is 4.14. The zero-order valence-corrected chi connectivity index (χ0v) is 12.2. The van der Waals surface area contributed by atoms with Crippen LogP contribution in [0, 0.1) is 0 Å². The van der Waals surface area contributed by atoms with Gasteiger partial charge in [0.2, 0.25) is 0 Å². The van der Waals surface area contributed by atoms with Gasteiger partial charge < -0.3 is 10.2 Å². The maximum atomic E-state index is 6.44. The molecule has 2 unspecified atom stereocenters. The van der Waals surface area contributed by atoms with E-state index in [1.165, 1.54) is 12.8 Å². The van der Waals surface area contributed by atoms with Gasteiger partial charge in [0.15, 0.2) is 0 Å². The highest BCUT2D eigenvalue weighted by Gasteiger charge is 2.40. The van der Waals surface area contributed by atoms with Gasteiger partial charge in [-0.05, 0) is 61.3 Å². The van der Waals surface area contributed by atoms with Gasteiger partial charge in [-0.15, -0.1) is 0 Å². The Bertz CT molecular complexity index is 373. The largest absolute Gasteiger partial charge is 0.466 e. The van der Waals surface area contributed by atoms with Crippen molar-refractivity contribution in [3.63, 3.8) is 0 Å². The van der Waals surface area contributed by atoms with E-state index in [0.29, 0.717) is 0 Å². The first kappa shape index (κ1) is 13.1. The summed E-state index contributed by atoms with van der Waals surface area (Å²) in [7, 11) is 0. The van der Waals surface area contributed by atoms with Gasteiger partial charge in [0.1, 0.15) is 5.76 Å². The first-order valence-corrected chi connectivity index (χ1v) is 7.12. The molecule has 0 amide bonds. The molecular weight excluding hydrogens is 280 g/mol. The molecule has 1 aliphatic heterocycles. The predicted octanol–water partition coefficient (Wildman–Crippen LogP) is 3.31. The van der Waals surface area contributed by atoms with E-state index >= 15 is 0 Å². The molecule has 0 aromatic carbocycles. The molecule has 2 rings (SSSR count). The lowest BCUT2D eigenvalue weighted by atomic mass is 9.86. The van der Waals surface area contributed by atoms with Crippen LogP contribution in [0.4, 0.5) is 0 Å². The monoisotopic (exact) mass is 300 g/mol. The summed E-state index contributed by atoms with van der Waals surface area (Å²) in [4.78, 5) is 2.51. The average molecular weight is 301 g/mol. The molecule has 3 nitrogen and oxygen atoms in total. The van der Waals surface area contributed by atoms with Crippen LogP contribution >= 0.6 is 15.9 Å². The van der Waals surface area contributed by atoms with Crippen molar-refractivity contribution in [2.75, 3.05) is 13.1 Å². The number of likely N-dealkylation sites (tertiary alicyclic amines) is 1. The second-order valence-corrected chi connectivity index (χ2v) is 5.87. The van der Waals surface area contributed by atoms with E-state index in [2.05, 4.69) is 34.7 Å².